The minimum atomic E-state index is -2.86. The second-order valence-electron chi connectivity index (χ2n) is 5.91. The zero-order chi connectivity index (χ0) is 18.5. The van der Waals surface area contributed by atoms with Crippen molar-refractivity contribution in [2.45, 2.75) is 25.5 Å². The second kappa shape index (κ2) is 8.52. The van der Waals surface area contributed by atoms with E-state index in [-0.39, 0.29) is 17.6 Å². The second-order valence-corrected chi connectivity index (χ2v) is 6.76. The number of hydrogen-bond donors (Lipinski definition) is 2. The van der Waals surface area contributed by atoms with E-state index in [9.17, 15) is 13.6 Å². The summed E-state index contributed by atoms with van der Waals surface area (Å²) in [5.74, 6) is -0.0843. The van der Waals surface area contributed by atoms with Gasteiger partial charge in [0.1, 0.15) is 5.75 Å². The van der Waals surface area contributed by atoms with Crippen LogP contribution in [0.3, 0.4) is 0 Å². The quantitative estimate of drug-likeness (QED) is 0.801. The summed E-state index contributed by atoms with van der Waals surface area (Å²) in [7, 11) is 0. The lowest BCUT2D eigenvalue weighted by molar-refractivity contribution is -0.119. The van der Waals surface area contributed by atoms with Crippen molar-refractivity contribution in [2.75, 3.05) is 18.5 Å². The molecule has 3 rings (SSSR count). The van der Waals surface area contributed by atoms with Crippen LogP contribution in [0.2, 0.25) is 0 Å². The minimum Gasteiger partial charge on any atom is -0.435 e. The van der Waals surface area contributed by atoms with Gasteiger partial charge in [0.25, 0.3) is 0 Å². The molecule has 9 heteroatoms. The molecule has 0 aliphatic carbocycles. The van der Waals surface area contributed by atoms with Gasteiger partial charge in [0.15, 0.2) is 5.13 Å². The molecule has 1 aromatic heterocycles. The molecule has 1 fully saturated rings. The van der Waals surface area contributed by atoms with Crippen molar-refractivity contribution < 1.29 is 23.0 Å². The van der Waals surface area contributed by atoms with Crippen LogP contribution in [-0.2, 0) is 9.53 Å². The van der Waals surface area contributed by atoms with Gasteiger partial charge in [-0.05, 0) is 43.0 Å². The third-order valence-corrected chi connectivity index (χ3v) is 4.94. The van der Waals surface area contributed by atoms with Gasteiger partial charge in [-0.2, -0.15) is 8.78 Å². The number of alkyl halides is 2. The topological polar surface area (TPSA) is 86.5 Å². The normalized spacial score (nSPS) is 16.5. The average molecular weight is 383 g/mol. The number of carbonyl (C=O) groups is 1. The lowest BCUT2D eigenvalue weighted by atomic mass is 9.92. The fraction of sp³-hybridized carbons (Fsp3) is 0.412. The monoisotopic (exact) mass is 383 g/mol. The van der Waals surface area contributed by atoms with E-state index < -0.39 is 12.7 Å². The number of anilines is 1. The number of carbonyl (C=O) groups excluding carboxylic acids is 1. The molecule has 0 spiro atoms. The highest BCUT2D eigenvalue weighted by atomic mass is 32.1. The predicted molar refractivity (Wildman–Crippen MR) is 94.3 cm³/mol. The summed E-state index contributed by atoms with van der Waals surface area (Å²) in [5.41, 5.74) is 7.41. The van der Waals surface area contributed by atoms with Gasteiger partial charge < -0.3 is 20.5 Å². The Balaban J connectivity index is 1.61. The lowest BCUT2D eigenvalue weighted by Crippen LogP contribution is -2.43. The third-order valence-electron chi connectivity index (χ3n) is 4.19. The van der Waals surface area contributed by atoms with Crippen LogP contribution < -0.4 is 15.8 Å². The first-order chi connectivity index (χ1) is 12.5. The van der Waals surface area contributed by atoms with E-state index in [0.717, 1.165) is 18.4 Å². The van der Waals surface area contributed by atoms with E-state index in [1.165, 1.54) is 23.5 Å². The summed E-state index contributed by atoms with van der Waals surface area (Å²) in [4.78, 5) is 16.7. The van der Waals surface area contributed by atoms with Gasteiger partial charge in [0, 0.05) is 24.2 Å². The highest BCUT2D eigenvalue weighted by molar-refractivity contribution is 7.14. The Hall–Kier alpha value is -2.10. The van der Waals surface area contributed by atoms with Crippen LogP contribution in [0.15, 0.2) is 29.6 Å². The minimum absolute atomic E-state index is 0.0786. The van der Waals surface area contributed by atoms with Crippen molar-refractivity contribution >= 4 is 22.4 Å². The van der Waals surface area contributed by atoms with Crippen molar-refractivity contribution in [3.63, 3.8) is 0 Å². The average Bonchev–Trinajstić information content (AvgIpc) is 3.10. The molecular weight excluding hydrogens is 364 g/mol. The van der Waals surface area contributed by atoms with Crippen LogP contribution in [0.5, 0.6) is 5.75 Å². The van der Waals surface area contributed by atoms with E-state index in [0.29, 0.717) is 24.0 Å². The highest BCUT2D eigenvalue weighted by Crippen LogP contribution is 2.27. The fourth-order valence-electron chi connectivity index (χ4n) is 2.75. The maximum absolute atomic E-state index is 12.3. The Kier molecular flexibility index (Phi) is 6.12. The van der Waals surface area contributed by atoms with Crippen LogP contribution in [-0.4, -0.2) is 36.8 Å². The Morgan fingerprint density at radius 2 is 2.00 bits per heavy atom. The highest BCUT2D eigenvalue weighted by Gasteiger charge is 2.27. The number of nitrogens with zero attached hydrogens (tertiary/aromatic N) is 1. The number of rotatable bonds is 6. The Labute approximate surface area is 153 Å². The number of ether oxygens (including phenoxy) is 2. The summed E-state index contributed by atoms with van der Waals surface area (Å²) in [6.07, 6.45) is 1.54. The maximum atomic E-state index is 12.3. The van der Waals surface area contributed by atoms with Crippen LogP contribution in [0, 0.1) is 5.92 Å². The SMILES string of the molecule is NC(C(=O)Nc1nc(-c2ccc(OC(F)F)cc2)cs1)C1CCOCC1. The van der Waals surface area contributed by atoms with E-state index in [2.05, 4.69) is 15.0 Å². The first-order valence-corrected chi connectivity index (χ1v) is 9.06. The molecule has 1 saturated heterocycles. The molecule has 1 atom stereocenters. The number of nitrogens with two attached hydrogens (primary N) is 1. The van der Waals surface area contributed by atoms with E-state index in [1.54, 1.807) is 17.5 Å². The van der Waals surface area contributed by atoms with Crippen molar-refractivity contribution in [1.29, 1.82) is 0 Å². The lowest BCUT2D eigenvalue weighted by Gasteiger charge is -2.26. The maximum Gasteiger partial charge on any atom is 0.387 e. The molecule has 140 valence electrons. The molecule has 1 aromatic carbocycles. The summed E-state index contributed by atoms with van der Waals surface area (Å²) < 4.78 is 34.0. The Morgan fingerprint density at radius 3 is 2.65 bits per heavy atom. The molecule has 1 amide bonds. The standard InChI is InChI=1S/C17H19F2N3O3S/c18-16(19)25-12-3-1-10(2-4-12)13-9-26-17(21-13)22-15(23)14(20)11-5-7-24-8-6-11/h1-4,9,11,14,16H,5-8,20H2,(H,21,22,23). The molecule has 0 bridgehead atoms. The van der Waals surface area contributed by atoms with Crippen molar-refractivity contribution in [2.24, 2.45) is 11.7 Å². The summed E-state index contributed by atoms with van der Waals surface area (Å²) in [5, 5.41) is 4.97. The van der Waals surface area contributed by atoms with Crippen LogP contribution in [0.4, 0.5) is 13.9 Å². The predicted octanol–water partition coefficient (Wildman–Crippen LogP) is 3.10. The van der Waals surface area contributed by atoms with Gasteiger partial charge in [0.05, 0.1) is 11.7 Å². The molecule has 0 saturated carbocycles. The molecule has 0 radical (unpaired) electrons. The van der Waals surface area contributed by atoms with Crippen LogP contribution in [0.25, 0.3) is 11.3 Å². The zero-order valence-corrected chi connectivity index (χ0v) is 14.7. The number of aromatic nitrogens is 1. The Bertz CT molecular complexity index is 733. The summed E-state index contributed by atoms with van der Waals surface area (Å²) in [6.45, 7) is -1.61. The van der Waals surface area contributed by atoms with E-state index in [1.807, 2.05) is 0 Å². The van der Waals surface area contributed by atoms with E-state index in [4.69, 9.17) is 10.5 Å². The van der Waals surface area contributed by atoms with Crippen LogP contribution in [0.1, 0.15) is 12.8 Å². The van der Waals surface area contributed by atoms with E-state index >= 15 is 0 Å². The first-order valence-electron chi connectivity index (χ1n) is 8.18. The largest absolute Gasteiger partial charge is 0.435 e. The molecule has 2 aromatic rings. The number of benzene rings is 1. The van der Waals surface area contributed by atoms with Gasteiger partial charge in [-0.15, -0.1) is 11.3 Å². The number of hydrogen-bond acceptors (Lipinski definition) is 6. The van der Waals surface area contributed by atoms with Gasteiger partial charge in [0.2, 0.25) is 5.91 Å². The van der Waals surface area contributed by atoms with Crippen molar-refractivity contribution in [3.05, 3.63) is 29.6 Å². The summed E-state index contributed by atoms with van der Waals surface area (Å²) >= 11 is 1.28. The number of thiazole rings is 1. The van der Waals surface area contributed by atoms with Crippen molar-refractivity contribution in [3.8, 4) is 17.0 Å². The molecule has 26 heavy (non-hydrogen) atoms. The number of nitrogens with one attached hydrogen (secondary N) is 1. The molecule has 1 aliphatic heterocycles. The molecule has 1 unspecified atom stereocenters. The molecular formula is C17H19F2N3O3S. The van der Waals surface area contributed by atoms with Crippen molar-refractivity contribution in [1.82, 2.24) is 4.98 Å². The molecule has 3 N–H and O–H groups in total. The number of amides is 1. The summed E-state index contributed by atoms with van der Waals surface area (Å²) in [6, 6.07) is 5.55. The Morgan fingerprint density at radius 1 is 1.31 bits per heavy atom. The van der Waals surface area contributed by atoms with Gasteiger partial charge in [-0.25, -0.2) is 4.98 Å². The third kappa shape index (κ3) is 4.75. The van der Waals surface area contributed by atoms with Crippen LogP contribution >= 0.6 is 11.3 Å². The van der Waals surface area contributed by atoms with Gasteiger partial charge in [-0.1, -0.05) is 0 Å². The zero-order valence-electron chi connectivity index (χ0n) is 13.9. The molecule has 6 nitrogen and oxygen atoms in total. The van der Waals surface area contributed by atoms with Gasteiger partial charge in [-0.3, -0.25) is 4.79 Å². The van der Waals surface area contributed by atoms with Gasteiger partial charge >= 0.3 is 6.61 Å². The fourth-order valence-corrected chi connectivity index (χ4v) is 3.47. The molecule has 1 aliphatic rings. The number of halogens is 2. The smallest absolute Gasteiger partial charge is 0.387 e. The first kappa shape index (κ1) is 18.7. The molecule has 2 heterocycles.